The maximum atomic E-state index is 5.37. The summed E-state index contributed by atoms with van der Waals surface area (Å²) in [6.07, 6.45) is 1.14. The molecule has 6 nitrogen and oxygen atoms in total. The minimum Gasteiger partial charge on any atom is -0.379 e. The van der Waals surface area contributed by atoms with Gasteiger partial charge >= 0.3 is 0 Å². The van der Waals surface area contributed by atoms with E-state index in [0.29, 0.717) is 0 Å². The molecule has 1 N–H and O–H groups in total. The fourth-order valence-electron chi connectivity index (χ4n) is 2.85. The van der Waals surface area contributed by atoms with Crippen LogP contribution in [0.5, 0.6) is 0 Å². The molecular weight excluding hydrogens is 290 g/mol. The lowest BCUT2D eigenvalue weighted by Gasteiger charge is -2.26. The second-order valence-electron chi connectivity index (χ2n) is 5.84. The summed E-state index contributed by atoms with van der Waals surface area (Å²) in [5.41, 5.74) is 3.09. The fraction of sp³-hybridized carbons (Fsp3) is 0.529. The molecule has 0 atom stereocenters. The molecule has 0 saturated carbocycles. The third-order valence-corrected chi connectivity index (χ3v) is 4.05. The Bertz CT molecular complexity index is 592. The van der Waals surface area contributed by atoms with Crippen molar-refractivity contribution in [3.05, 3.63) is 36.0 Å². The quantitative estimate of drug-likeness (QED) is 0.781. The van der Waals surface area contributed by atoms with Crippen molar-refractivity contribution in [3.63, 3.8) is 0 Å². The maximum Gasteiger partial charge on any atom is 0.117 e. The van der Waals surface area contributed by atoms with Gasteiger partial charge in [0.15, 0.2) is 0 Å². The molecule has 23 heavy (non-hydrogen) atoms. The molecule has 2 aromatic rings. The molecule has 1 saturated heterocycles. The van der Waals surface area contributed by atoms with Crippen molar-refractivity contribution >= 4 is 0 Å². The van der Waals surface area contributed by atoms with Crippen molar-refractivity contribution in [1.82, 2.24) is 25.2 Å². The molecule has 0 radical (unpaired) electrons. The van der Waals surface area contributed by atoms with Crippen molar-refractivity contribution in [2.45, 2.75) is 13.0 Å². The molecule has 0 amide bonds. The number of benzene rings is 1. The van der Waals surface area contributed by atoms with Crippen LogP contribution in [-0.4, -0.2) is 59.3 Å². The number of morpholine rings is 1. The maximum absolute atomic E-state index is 5.37. The Hall–Kier alpha value is -1.76. The number of aromatic nitrogens is 3. The highest BCUT2D eigenvalue weighted by Crippen LogP contribution is 2.19. The summed E-state index contributed by atoms with van der Waals surface area (Å²) < 4.78 is 5.37. The number of ether oxygens (including phenoxy) is 1. The first-order valence-electron chi connectivity index (χ1n) is 8.29. The van der Waals surface area contributed by atoms with Gasteiger partial charge in [-0.1, -0.05) is 30.3 Å². The van der Waals surface area contributed by atoms with Gasteiger partial charge in [0.1, 0.15) is 11.4 Å². The van der Waals surface area contributed by atoms with E-state index in [4.69, 9.17) is 4.74 Å². The van der Waals surface area contributed by atoms with E-state index < -0.39 is 0 Å². The number of nitrogens with zero attached hydrogens (tertiary/aromatic N) is 4. The van der Waals surface area contributed by atoms with Gasteiger partial charge in [-0.15, -0.1) is 0 Å². The Morgan fingerprint density at radius 2 is 1.91 bits per heavy atom. The van der Waals surface area contributed by atoms with Crippen LogP contribution in [0.15, 0.2) is 30.3 Å². The molecular formula is C17H25N5O. The third-order valence-electron chi connectivity index (χ3n) is 4.05. The van der Waals surface area contributed by atoms with E-state index in [1.54, 1.807) is 4.80 Å². The smallest absolute Gasteiger partial charge is 0.117 e. The predicted molar refractivity (Wildman–Crippen MR) is 90.0 cm³/mol. The zero-order valence-corrected chi connectivity index (χ0v) is 13.7. The largest absolute Gasteiger partial charge is 0.379 e. The average Bonchev–Trinajstić information content (AvgIpc) is 2.97. The molecule has 1 aromatic heterocycles. The molecule has 3 rings (SSSR count). The van der Waals surface area contributed by atoms with Crippen LogP contribution in [0.1, 0.15) is 12.1 Å². The Morgan fingerprint density at radius 1 is 1.13 bits per heavy atom. The fourth-order valence-corrected chi connectivity index (χ4v) is 2.85. The Balaban J connectivity index is 1.47. The molecule has 0 unspecified atom stereocenters. The van der Waals surface area contributed by atoms with Crippen LogP contribution in [0.25, 0.3) is 11.3 Å². The van der Waals surface area contributed by atoms with Gasteiger partial charge in [0.05, 0.1) is 13.2 Å². The minimum atomic E-state index is 0.751. The van der Waals surface area contributed by atoms with E-state index in [0.717, 1.165) is 69.3 Å². The summed E-state index contributed by atoms with van der Waals surface area (Å²) in [5, 5.41) is 12.5. The van der Waals surface area contributed by atoms with Crippen molar-refractivity contribution < 1.29 is 4.74 Å². The van der Waals surface area contributed by atoms with Crippen molar-refractivity contribution in [1.29, 1.82) is 0 Å². The first kappa shape index (κ1) is 16.1. The average molecular weight is 315 g/mol. The first-order chi connectivity index (χ1) is 11.3. The van der Waals surface area contributed by atoms with Crippen LogP contribution < -0.4 is 5.32 Å². The molecule has 0 spiro atoms. The summed E-state index contributed by atoms with van der Waals surface area (Å²) in [5.74, 6) is 0. The topological polar surface area (TPSA) is 55.2 Å². The van der Waals surface area contributed by atoms with E-state index in [9.17, 15) is 0 Å². The van der Waals surface area contributed by atoms with Gasteiger partial charge in [-0.2, -0.15) is 15.0 Å². The standard InChI is InChI=1S/C17H25N5O/c1-21-19-16(17(20-21)15-6-3-2-4-7-15)14-18-8-5-9-22-10-12-23-13-11-22/h2-4,6-7,18H,5,8-14H2,1H3. The van der Waals surface area contributed by atoms with Crippen LogP contribution in [0.3, 0.4) is 0 Å². The summed E-state index contributed by atoms with van der Waals surface area (Å²) >= 11 is 0. The lowest BCUT2D eigenvalue weighted by molar-refractivity contribution is 0.0374. The van der Waals surface area contributed by atoms with Gasteiger partial charge in [-0.05, 0) is 19.5 Å². The molecule has 1 fully saturated rings. The summed E-state index contributed by atoms with van der Waals surface area (Å²) in [6, 6.07) is 10.2. The van der Waals surface area contributed by atoms with Gasteiger partial charge in [0.2, 0.25) is 0 Å². The molecule has 0 bridgehead atoms. The third kappa shape index (κ3) is 4.60. The van der Waals surface area contributed by atoms with Crippen LogP contribution in [0.4, 0.5) is 0 Å². The van der Waals surface area contributed by atoms with Crippen LogP contribution in [0, 0.1) is 0 Å². The van der Waals surface area contributed by atoms with Crippen LogP contribution in [-0.2, 0) is 18.3 Å². The van der Waals surface area contributed by atoms with E-state index in [2.05, 4.69) is 32.5 Å². The monoisotopic (exact) mass is 315 g/mol. The molecule has 1 aliphatic rings. The van der Waals surface area contributed by atoms with Gasteiger partial charge in [0, 0.05) is 32.2 Å². The van der Waals surface area contributed by atoms with Crippen molar-refractivity contribution in [2.24, 2.45) is 7.05 Å². The summed E-state index contributed by atoms with van der Waals surface area (Å²) in [4.78, 5) is 4.11. The van der Waals surface area contributed by atoms with Gasteiger partial charge < -0.3 is 10.1 Å². The zero-order valence-electron chi connectivity index (χ0n) is 13.7. The van der Waals surface area contributed by atoms with Gasteiger partial charge in [-0.25, -0.2) is 0 Å². The molecule has 6 heteroatoms. The lowest BCUT2D eigenvalue weighted by Crippen LogP contribution is -2.37. The highest BCUT2D eigenvalue weighted by molar-refractivity contribution is 5.60. The minimum absolute atomic E-state index is 0.751. The predicted octanol–water partition coefficient (Wildman–Crippen LogP) is 1.29. The van der Waals surface area contributed by atoms with E-state index in [-0.39, 0.29) is 0 Å². The zero-order chi connectivity index (χ0) is 15.9. The first-order valence-corrected chi connectivity index (χ1v) is 8.29. The number of hydrogen-bond donors (Lipinski definition) is 1. The number of nitrogens with one attached hydrogen (secondary N) is 1. The van der Waals surface area contributed by atoms with Gasteiger partial charge in [0.25, 0.3) is 0 Å². The van der Waals surface area contributed by atoms with Crippen molar-refractivity contribution in [2.75, 3.05) is 39.4 Å². The number of aryl methyl sites for hydroxylation is 1. The van der Waals surface area contributed by atoms with Gasteiger partial charge in [-0.3, -0.25) is 4.90 Å². The van der Waals surface area contributed by atoms with E-state index in [1.807, 2.05) is 25.2 Å². The Morgan fingerprint density at radius 3 is 2.70 bits per heavy atom. The van der Waals surface area contributed by atoms with E-state index >= 15 is 0 Å². The number of hydrogen-bond acceptors (Lipinski definition) is 5. The Kier molecular flexibility index (Phi) is 5.74. The second-order valence-corrected chi connectivity index (χ2v) is 5.84. The Labute approximate surface area is 137 Å². The highest BCUT2D eigenvalue weighted by atomic mass is 16.5. The van der Waals surface area contributed by atoms with Crippen LogP contribution in [0.2, 0.25) is 0 Å². The second kappa shape index (κ2) is 8.19. The SMILES string of the molecule is Cn1nc(CNCCCN2CCOCC2)c(-c2ccccc2)n1. The molecule has 0 aliphatic carbocycles. The highest BCUT2D eigenvalue weighted by Gasteiger charge is 2.12. The van der Waals surface area contributed by atoms with Crippen LogP contribution >= 0.6 is 0 Å². The van der Waals surface area contributed by atoms with E-state index in [1.165, 1.54) is 0 Å². The van der Waals surface area contributed by atoms with Crippen molar-refractivity contribution in [3.8, 4) is 11.3 Å². The summed E-state index contributed by atoms with van der Waals surface area (Å²) in [7, 11) is 1.87. The molecule has 124 valence electrons. The summed E-state index contributed by atoms with van der Waals surface area (Å²) in [6.45, 7) is 6.72. The number of rotatable bonds is 7. The molecule has 1 aliphatic heterocycles. The molecule has 1 aromatic carbocycles. The lowest BCUT2D eigenvalue weighted by atomic mass is 10.1. The molecule has 2 heterocycles. The normalized spacial score (nSPS) is 15.9.